The Morgan fingerprint density at radius 1 is 1.40 bits per heavy atom. The van der Waals surface area contributed by atoms with Crippen molar-refractivity contribution in [1.29, 1.82) is 0 Å². The van der Waals surface area contributed by atoms with Crippen LogP contribution in [-0.4, -0.2) is 29.1 Å². The number of hydrogen-bond donors (Lipinski definition) is 1. The van der Waals surface area contributed by atoms with Crippen LogP contribution >= 0.6 is 22.9 Å². The minimum absolute atomic E-state index is 0.170. The van der Waals surface area contributed by atoms with E-state index in [0.29, 0.717) is 28.7 Å². The Hall–Kier alpha value is -1.40. The van der Waals surface area contributed by atoms with Crippen LogP contribution in [0.4, 0.5) is 5.82 Å². The van der Waals surface area contributed by atoms with Crippen molar-refractivity contribution in [3.05, 3.63) is 15.7 Å². The summed E-state index contributed by atoms with van der Waals surface area (Å²) in [7, 11) is 0. The summed E-state index contributed by atoms with van der Waals surface area (Å²) in [5, 5.41) is 4.15. The summed E-state index contributed by atoms with van der Waals surface area (Å²) in [5.74, 6) is 0.344. The van der Waals surface area contributed by atoms with Crippen molar-refractivity contribution in [1.82, 2.24) is 9.97 Å². The normalized spacial score (nSPS) is 10.8. The molecular formula is C13H16ClN3O2S. The molecule has 0 atom stereocenters. The van der Waals surface area contributed by atoms with Gasteiger partial charge < -0.3 is 10.1 Å². The fourth-order valence-corrected chi connectivity index (χ4v) is 3.16. The van der Waals surface area contributed by atoms with Gasteiger partial charge in [0.15, 0.2) is 0 Å². The Labute approximate surface area is 126 Å². The molecule has 2 heterocycles. The molecule has 0 fully saturated rings. The van der Waals surface area contributed by atoms with E-state index >= 15 is 0 Å². The molecule has 2 rings (SSSR count). The number of nitrogens with zero attached hydrogens (tertiary/aromatic N) is 2. The molecule has 5 nitrogen and oxygen atoms in total. The van der Waals surface area contributed by atoms with Crippen LogP contribution < -0.4 is 5.32 Å². The molecule has 0 bridgehead atoms. The average molecular weight is 314 g/mol. The molecule has 108 valence electrons. The fraction of sp³-hybridized carbons (Fsp3) is 0.462. The molecule has 2 aromatic heterocycles. The zero-order valence-electron chi connectivity index (χ0n) is 11.6. The van der Waals surface area contributed by atoms with Crippen molar-refractivity contribution >= 4 is 44.9 Å². The van der Waals surface area contributed by atoms with Crippen LogP contribution in [0.5, 0.6) is 0 Å². The lowest BCUT2D eigenvalue weighted by molar-refractivity contribution is 0.0510. The highest BCUT2D eigenvalue weighted by Gasteiger charge is 2.21. The molecule has 2 aromatic rings. The summed E-state index contributed by atoms with van der Waals surface area (Å²) in [6.45, 7) is 6.94. The topological polar surface area (TPSA) is 64.1 Å². The first-order chi connectivity index (χ1) is 9.58. The van der Waals surface area contributed by atoms with Crippen molar-refractivity contribution in [2.45, 2.75) is 27.2 Å². The van der Waals surface area contributed by atoms with Crippen molar-refractivity contribution in [2.24, 2.45) is 0 Å². The van der Waals surface area contributed by atoms with Gasteiger partial charge in [-0.25, -0.2) is 14.8 Å². The standard InChI is InChI=1S/C13H16ClN3O2S/c1-4-6-19-12(18)9-7(3)8-10(15-5-2)16-13(14)17-11(8)20-9/h4-6H2,1-3H3,(H,15,16,17). The van der Waals surface area contributed by atoms with Crippen LogP contribution in [0.3, 0.4) is 0 Å². The Morgan fingerprint density at radius 3 is 2.80 bits per heavy atom. The van der Waals surface area contributed by atoms with Crippen molar-refractivity contribution in [3.8, 4) is 0 Å². The molecule has 0 radical (unpaired) electrons. The maximum atomic E-state index is 12.0. The number of anilines is 1. The lowest BCUT2D eigenvalue weighted by Crippen LogP contribution is -2.05. The highest BCUT2D eigenvalue weighted by Crippen LogP contribution is 2.34. The Kier molecular flexibility index (Phi) is 4.77. The molecule has 0 amide bonds. The first-order valence-corrected chi connectivity index (χ1v) is 7.65. The van der Waals surface area contributed by atoms with Gasteiger partial charge in [-0.3, -0.25) is 0 Å². The largest absolute Gasteiger partial charge is 0.462 e. The van der Waals surface area contributed by atoms with Gasteiger partial charge >= 0.3 is 5.97 Å². The fourth-order valence-electron chi connectivity index (χ4n) is 1.86. The summed E-state index contributed by atoms with van der Waals surface area (Å²) in [4.78, 5) is 21.7. The molecule has 0 aromatic carbocycles. The first kappa shape index (κ1) is 15.0. The van der Waals surface area contributed by atoms with Crippen LogP contribution in [0.25, 0.3) is 10.2 Å². The van der Waals surface area contributed by atoms with Gasteiger partial charge in [-0.1, -0.05) is 6.92 Å². The number of hydrogen-bond acceptors (Lipinski definition) is 6. The van der Waals surface area contributed by atoms with E-state index in [0.717, 1.165) is 17.4 Å². The molecule has 0 aliphatic rings. The second kappa shape index (κ2) is 6.37. The number of ether oxygens (including phenoxy) is 1. The van der Waals surface area contributed by atoms with Gasteiger partial charge in [-0.05, 0) is 37.4 Å². The SMILES string of the molecule is CCCOC(=O)c1sc2nc(Cl)nc(NCC)c2c1C. The smallest absolute Gasteiger partial charge is 0.348 e. The minimum atomic E-state index is -0.314. The number of thiophene rings is 1. The summed E-state index contributed by atoms with van der Waals surface area (Å²) < 4.78 is 5.19. The third-order valence-corrected chi connectivity index (χ3v) is 4.06. The molecule has 0 spiro atoms. The van der Waals surface area contributed by atoms with E-state index in [9.17, 15) is 4.79 Å². The summed E-state index contributed by atoms with van der Waals surface area (Å²) in [6, 6.07) is 0. The number of nitrogens with one attached hydrogen (secondary N) is 1. The third-order valence-electron chi connectivity index (χ3n) is 2.73. The second-order valence-electron chi connectivity index (χ2n) is 4.24. The Bertz CT molecular complexity index is 642. The van der Waals surface area contributed by atoms with Crippen LogP contribution in [0.2, 0.25) is 5.28 Å². The number of fused-ring (bicyclic) bond motifs is 1. The van der Waals surface area contributed by atoms with E-state index in [1.807, 2.05) is 20.8 Å². The highest BCUT2D eigenvalue weighted by molar-refractivity contribution is 7.20. The number of rotatable bonds is 5. The summed E-state index contributed by atoms with van der Waals surface area (Å²) in [6.07, 6.45) is 0.796. The van der Waals surface area contributed by atoms with Crippen molar-refractivity contribution < 1.29 is 9.53 Å². The van der Waals surface area contributed by atoms with Crippen LogP contribution in [0.15, 0.2) is 0 Å². The molecule has 0 aliphatic heterocycles. The Morgan fingerprint density at radius 2 is 2.15 bits per heavy atom. The highest BCUT2D eigenvalue weighted by atomic mass is 35.5. The molecule has 0 saturated heterocycles. The lowest BCUT2D eigenvalue weighted by Gasteiger charge is -2.05. The minimum Gasteiger partial charge on any atom is -0.462 e. The maximum absolute atomic E-state index is 12.0. The third kappa shape index (κ3) is 2.86. The Balaban J connectivity index is 2.51. The van der Waals surface area contributed by atoms with E-state index in [1.165, 1.54) is 11.3 Å². The quantitative estimate of drug-likeness (QED) is 0.674. The molecular weight excluding hydrogens is 298 g/mol. The van der Waals surface area contributed by atoms with Gasteiger partial charge in [-0.2, -0.15) is 0 Å². The van der Waals surface area contributed by atoms with E-state index in [1.54, 1.807) is 0 Å². The number of aryl methyl sites for hydroxylation is 1. The molecule has 20 heavy (non-hydrogen) atoms. The van der Waals surface area contributed by atoms with Gasteiger partial charge in [0.25, 0.3) is 0 Å². The van der Waals surface area contributed by atoms with Crippen LogP contribution in [-0.2, 0) is 4.74 Å². The van der Waals surface area contributed by atoms with E-state index < -0.39 is 0 Å². The van der Waals surface area contributed by atoms with Gasteiger partial charge in [-0.15, -0.1) is 11.3 Å². The zero-order valence-corrected chi connectivity index (χ0v) is 13.2. The van der Waals surface area contributed by atoms with E-state index in [2.05, 4.69) is 15.3 Å². The second-order valence-corrected chi connectivity index (χ2v) is 5.58. The predicted molar refractivity (Wildman–Crippen MR) is 81.9 cm³/mol. The van der Waals surface area contributed by atoms with Gasteiger partial charge in [0, 0.05) is 6.54 Å². The van der Waals surface area contributed by atoms with Gasteiger partial charge in [0.1, 0.15) is 15.5 Å². The summed E-state index contributed by atoms with van der Waals surface area (Å²) in [5.41, 5.74) is 0.832. The number of halogens is 1. The predicted octanol–water partition coefficient (Wildman–Crippen LogP) is 3.65. The molecule has 1 N–H and O–H groups in total. The average Bonchev–Trinajstić information content (AvgIpc) is 2.73. The van der Waals surface area contributed by atoms with E-state index in [4.69, 9.17) is 16.3 Å². The summed E-state index contributed by atoms with van der Waals surface area (Å²) >= 11 is 7.20. The molecule has 0 aliphatic carbocycles. The number of aromatic nitrogens is 2. The number of carbonyl (C=O) groups is 1. The number of carbonyl (C=O) groups excluding carboxylic acids is 1. The number of esters is 1. The van der Waals surface area contributed by atoms with Crippen molar-refractivity contribution in [3.63, 3.8) is 0 Å². The van der Waals surface area contributed by atoms with E-state index in [-0.39, 0.29) is 11.3 Å². The van der Waals surface area contributed by atoms with Crippen LogP contribution in [0.1, 0.15) is 35.5 Å². The molecule has 7 heteroatoms. The first-order valence-electron chi connectivity index (χ1n) is 6.46. The maximum Gasteiger partial charge on any atom is 0.348 e. The van der Waals surface area contributed by atoms with Gasteiger partial charge in [0.05, 0.1) is 12.0 Å². The molecule has 0 unspecified atom stereocenters. The van der Waals surface area contributed by atoms with Crippen molar-refractivity contribution in [2.75, 3.05) is 18.5 Å². The van der Waals surface area contributed by atoms with Crippen LogP contribution in [0, 0.1) is 6.92 Å². The molecule has 0 saturated carbocycles. The zero-order chi connectivity index (χ0) is 14.7. The van der Waals surface area contributed by atoms with Gasteiger partial charge in [0.2, 0.25) is 5.28 Å². The lowest BCUT2D eigenvalue weighted by atomic mass is 10.2. The monoisotopic (exact) mass is 313 g/mol.